The van der Waals surface area contributed by atoms with Crippen LogP contribution in [0.5, 0.6) is 0 Å². The molecule has 1 heterocycles. The summed E-state index contributed by atoms with van der Waals surface area (Å²) in [6, 6.07) is 10.8. The van der Waals surface area contributed by atoms with E-state index in [2.05, 4.69) is 68.3 Å². The number of hydrogen-bond acceptors (Lipinski definition) is 3. The number of nitrogens with one attached hydrogen (secondary N) is 1. The largest absolute Gasteiger partial charge is 0.312 e. The third kappa shape index (κ3) is 5.18. The summed E-state index contributed by atoms with van der Waals surface area (Å²) in [6.07, 6.45) is 1.97. The molecule has 0 aliphatic carbocycles. The van der Waals surface area contributed by atoms with Crippen molar-refractivity contribution in [2.45, 2.75) is 44.2 Å². The molecule has 0 fully saturated rings. The van der Waals surface area contributed by atoms with Crippen molar-refractivity contribution in [2.24, 2.45) is 5.92 Å². The van der Waals surface area contributed by atoms with E-state index in [0.717, 1.165) is 18.1 Å². The number of aryl methyl sites for hydroxylation is 2. The molecule has 3 heteroatoms. The van der Waals surface area contributed by atoms with Crippen LogP contribution in [-0.2, 0) is 6.54 Å². The summed E-state index contributed by atoms with van der Waals surface area (Å²) in [5.74, 6) is 0.678. The first-order valence-corrected chi connectivity index (χ1v) is 8.27. The molecule has 0 aliphatic rings. The molecule has 0 amide bonds. The molecular formula is C18H24N2S. The van der Waals surface area contributed by atoms with Gasteiger partial charge in [-0.15, -0.1) is 0 Å². The van der Waals surface area contributed by atoms with Crippen molar-refractivity contribution in [3.05, 3.63) is 53.2 Å². The average molecular weight is 300 g/mol. The van der Waals surface area contributed by atoms with Crippen LogP contribution >= 0.6 is 11.8 Å². The molecule has 2 nitrogen and oxygen atoms in total. The monoisotopic (exact) mass is 300 g/mol. The fourth-order valence-corrected chi connectivity index (χ4v) is 2.93. The minimum atomic E-state index is 0.678. The third-order valence-corrected chi connectivity index (χ3v) is 4.35. The molecule has 0 spiro atoms. The Morgan fingerprint density at radius 1 is 1.14 bits per heavy atom. The maximum absolute atomic E-state index is 4.56. The molecule has 1 N–H and O–H groups in total. The molecule has 0 radical (unpaired) electrons. The smallest absolute Gasteiger partial charge is 0.101 e. The summed E-state index contributed by atoms with van der Waals surface area (Å²) in [6.45, 7) is 10.6. The molecule has 0 atom stereocenters. The Morgan fingerprint density at radius 2 is 1.95 bits per heavy atom. The second-order valence-corrected chi connectivity index (χ2v) is 6.96. The lowest BCUT2D eigenvalue weighted by molar-refractivity contribution is 0.551. The Morgan fingerprint density at radius 3 is 2.57 bits per heavy atom. The van der Waals surface area contributed by atoms with Gasteiger partial charge < -0.3 is 5.32 Å². The first-order chi connectivity index (χ1) is 10.0. The molecule has 2 rings (SSSR count). The Bertz CT molecular complexity index is 576. The maximum atomic E-state index is 4.56. The van der Waals surface area contributed by atoms with Crippen molar-refractivity contribution in [3.8, 4) is 0 Å². The highest BCUT2D eigenvalue weighted by molar-refractivity contribution is 7.99. The van der Waals surface area contributed by atoms with Crippen LogP contribution in [0.25, 0.3) is 0 Å². The lowest BCUT2D eigenvalue weighted by atomic mass is 10.2. The highest BCUT2D eigenvalue weighted by Crippen LogP contribution is 2.29. The molecular weight excluding hydrogens is 276 g/mol. The van der Waals surface area contributed by atoms with E-state index in [1.54, 1.807) is 11.8 Å². The average Bonchev–Trinajstić information content (AvgIpc) is 2.43. The standard InChI is InChI=1S/C18H24N2S/c1-13(2)10-19-11-16-6-8-18(20-12-16)21-17-7-5-14(3)9-15(17)4/h5-9,12-13,19H,10-11H2,1-4H3. The van der Waals surface area contributed by atoms with Gasteiger partial charge >= 0.3 is 0 Å². The van der Waals surface area contributed by atoms with Crippen LogP contribution in [0.2, 0.25) is 0 Å². The molecule has 2 aromatic rings. The van der Waals surface area contributed by atoms with Crippen LogP contribution < -0.4 is 5.32 Å². The van der Waals surface area contributed by atoms with E-state index < -0.39 is 0 Å². The number of nitrogens with zero attached hydrogens (tertiary/aromatic N) is 1. The van der Waals surface area contributed by atoms with E-state index in [4.69, 9.17) is 0 Å². The van der Waals surface area contributed by atoms with Gasteiger partial charge in [-0.05, 0) is 49.6 Å². The van der Waals surface area contributed by atoms with Gasteiger partial charge in [-0.25, -0.2) is 4.98 Å². The Labute approximate surface area is 132 Å². The molecule has 1 aromatic carbocycles. The third-order valence-electron chi connectivity index (χ3n) is 3.22. The number of benzene rings is 1. The van der Waals surface area contributed by atoms with Gasteiger partial charge in [-0.1, -0.05) is 49.4 Å². The first kappa shape index (κ1) is 16.1. The zero-order valence-electron chi connectivity index (χ0n) is 13.3. The van der Waals surface area contributed by atoms with E-state index in [1.165, 1.54) is 21.6 Å². The van der Waals surface area contributed by atoms with Crippen molar-refractivity contribution in [3.63, 3.8) is 0 Å². The zero-order valence-corrected chi connectivity index (χ0v) is 14.1. The van der Waals surface area contributed by atoms with Crippen LogP contribution in [0.1, 0.15) is 30.5 Å². The minimum Gasteiger partial charge on any atom is -0.312 e. The van der Waals surface area contributed by atoms with E-state index in [0.29, 0.717) is 5.92 Å². The Balaban J connectivity index is 1.95. The fraction of sp³-hybridized carbons (Fsp3) is 0.389. The molecule has 0 saturated carbocycles. The first-order valence-electron chi connectivity index (χ1n) is 7.45. The SMILES string of the molecule is Cc1ccc(Sc2ccc(CNCC(C)C)cn2)c(C)c1. The second-order valence-electron chi connectivity index (χ2n) is 5.90. The van der Waals surface area contributed by atoms with Crippen molar-refractivity contribution >= 4 is 11.8 Å². The quantitative estimate of drug-likeness (QED) is 0.844. The highest BCUT2D eigenvalue weighted by atomic mass is 32.2. The van der Waals surface area contributed by atoms with Crippen LogP contribution in [0.15, 0.2) is 46.5 Å². The molecule has 0 saturated heterocycles. The van der Waals surface area contributed by atoms with Crippen LogP contribution in [0.3, 0.4) is 0 Å². The topological polar surface area (TPSA) is 24.9 Å². The molecule has 0 bridgehead atoms. The van der Waals surface area contributed by atoms with Crippen molar-refractivity contribution in [1.82, 2.24) is 10.3 Å². The lowest BCUT2D eigenvalue weighted by Gasteiger charge is -2.08. The van der Waals surface area contributed by atoms with Gasteiger partial charge in [0.25, 0.3) is 0 Å². The van der Waals surface area contributed by atoms with Gasteiger partial charge in [0.05, 0.1) is 0 Å². The summed E-state index contributed by atoms with van der Waals surface area (Å²) in [4.78, 5) is 5.83. The number of rotatable bonds is 6. The summed E-state index contributed by atoms with van der Waals surface area (Å²) >= 11 is 1.73. The Hall–Kier alpha value is -1.32. The van der Waals surface area contributed by atoms with E-state index in [-0.39, 0.29) is 0 Å². The van der Waals surface area contributed by atoms with Gasteiger partial charge in [0.2, 0.25) is 0 Å². The summed E-state index contributed by atoms with van der Waals surface area (Å²) in [5, 5.41) is 4.49. The molecule has 0 unspecified atom stereocenters. The Kier molecular flexibility index (Phi) is 5.83. The van der Waals surface area contributed by atoms with Gasteiger partial charge in [0.1, 0.15) is 5.03 Å². The van der Waals surface area contributed by atoms with Crippen LogP contribution in [0, 0.1) is 19.8 Å². The fourth-order valence-electron chi connectivity index (χ4n) is 2.11. The second kappa shape index (κ2) is 7.62. The predicted molar refractivity (Wildman–Crippen MR) is 90.8 cm³/mol. The zero-order chi connectivity index (χ0) is 15.2. The van der Waals surface area contributed by atoms with E-state index >= 15 is 0 Å². The number of aromatic nitrogens is 1. The van der Waals surface area contributed by atoms with Crippen LogP contribution in [-0.4, -0.2) is 11.5 Å². The normalized spacial score (nSPS) is 11.1. The van der Waals surface area contributed by atoms with Gasteiger partial charge in [0.15, 0.2) is 0 Å². The van der Waals surface area contributed by atoms with E-state index in [9.17, 15) is 0 Å². The molecule has 0 aliphatic heterocycles. The summed E-state index contributed by atoms with van der Waals surface area (Å²) in [7, 11) is 0. The van der Waals surface area contributed by atoms with Gasteiger partial charge in [0, 0.05) is 17.6 Å². The van der Waals surface area contributed by atoms with E-state index in [1.807, 2.05) is 6.20 Å². The van der Waals surface area contributed by atoms with Crippen molar-refractivity contribution < 1.29 is 0 Å². The van der Waals surface area contributed by atoms with Gasteiger partial charge in [-0.2, -0.15) is 0 Å². The number of hydrogen-bond donors (Lipinski definition) is 1. The summed E-state index contributed by atoms with van der Waals surface area (Å²) < 4.78 is 0. The molecule has 1 aromatic heterocycles. The maximum Gasteiger partial charge on any atom is 0.101 e. The molecule has 112 valence electrons. The highest BCUT2D eigenvalue weighted by Gasteiger charge is 2.03. The lowest BCUT2D eigenvalue weighted by Crippen LogP contribution is -2.18. The molecule has 21 heavy (non-hydrogen) atoms. The predicted octanol–water partition coefficient (Wildman–Crippen LogP) is 4.60. The van der Waals surface area contributed by atoms with Gasteiger partial charge in [-0.3, -0.25) is 0 Å². The number of pyridine rings is 1. The summed E-state index contributed by atoms with van der Waals surface area (Å²) in [5.41, 5.74) is 3.85. The van der Waals surface area contributed by atoms with Crippen molar-refractivity contribution in [1.29, 1.82) is 0 Å². The van der Waals surface area contributed by atoms with Crippen LogP contribution in [0.4, 0.5) is 0 Å². The minimum absolute atomic E-state index is 0.678. The van der Waals surface area contributed by atoms with Crippen molar-refractivity contribution in [2.75, 3.05) is 6.54 Å².